The maximum Gasteiger partial charge on any atom is 0.136 e. The van der Waals surface area contributed by atoms with E-state index >= 15 is 0 Å². The maximum atomic E-state index is 10.7. The Morgan fingerprint density at radius 3 is 1.80 bits per heavy atom. The van der Waals surface area contributed by atoms with Crippen molar-refractivity contribution in [1.29, 1.82) is 0 Å². The number of rotatable bonds is 0. The number of hydrogen-bond acceptors (Lipinski definition) is 3. The monoisotopic (exact) mass is 141 g/mol. The number of carbonyl (C=O) groups excluding carboxylic acids is 2. The Balaban J connectivity index is 2.54. The van der Waals surface area contributed by atoms with Gasteiger partial charge >= 0.3 is 0 Å². The van der Waals surface area contributed by atoms with Crippen LogP contribution in [0.1, 0.15) is 25.7 Å². The van der Waals surface area contributed by atoms with E-state index in [1.165, 1.54) is 0 Å². The molecule has 3 heteroatoms. The van der Waals surface area contributed by atoms with E-state index in [1.54, 1.807) is 0 Å². The van der Waals surface area contributed by atoms with Gasteiger partial charge in [-0.3, -0.25) is 9.59 Å². The fourth-order valence-electron chi connectivity index (χ4n) is 0.973. The fourth-order valence-corrected chi connectivity index (χ4v) is 0.973. The molecule has 1 N–H and O–H groups in total. The maximum absolute atomic E-state index is 10.7. The molecular formula is C7H9O3. The Hall–Kier alpha value is -0.700. The Bertz CT molecular complexity index is 144. The minimum Gasteiger partial charge on any atom is -0.386 e. The minimum atomic E-state index is -0.0386. The summed E-state index contributed by atoms with van der Waals surface area (Å²) in [5.41, 5.74) is 0. The van der Waals surface area contributed by atoms with Crippen LogP contribution in [-0.2, 0) is 9.59 Å². The van der Waals surface area contributed by atoms with Crippen molar-refractivity contribution in [2.75, 3.05) is 0 Å². The zero-order valence-electron chi connectivity index (χ0n) is 5.59. The SMILES string of the molecule is O=C1CCC(=O)C[C](O)C1. The highest BCUT2D eigenvalue weighted by Gasteiger charge is 2.20. The molecular weight excluding hydrogens is 132 g/mol. The summed E-state index contributed by atoms with van der Waals surface area (Å²) in [6, 6.07) is 0. The molecule has 1 radical (unpaired) electrons. The molecule has 55 valence electrons. The lowest BCUT2D eigenvalue weighted by Gasteiger charge is -1.99. The zero-order valence-corrected chi connectivity index (χ0v) is 5.59. The van der Waals surface area contributed by atoms with Gasteiger partial charge in [0.25, 0.3) is 0 Å². The van der Waals surface area contributed by atoms with Crippen LogP contribution in [0.5, 0.6) is 0 Å². The van der Waals surface area contributed by atoms with Crippen molar-refractivity contribution in [3.05, 3.63) is 6.10 Å². The van der Waals surface area contributed by atoms with E-state index in [4.69, 9.17) is 5.11 Å². The van der Waals surface area contributed by atoms with Gasteiger partial charge in [-0.25, -0.2) is 0 Å². The Morgan fingerprint density at radius 1 is 1.00 bits per heavy atom. The third-order valence-corrected chi connectivity index (χ3v) is 1.49. The van der Waals surface area contributed by atoms with E-state index in [0.717, 1.165) is 0 Å². The van der Waals surface area contributed by atoms with E-state index in [-0.39, 0.29) is 30.5 Å². The predicted molar refractivity (Wildman–Crippen MR) is 33.7 cm³/mol. The molecule has 1 aliphatic carbocycles. The van der Waals surface area contributed by atoms with Gasteiger partial charge in [0.2, 0.25) is 0 Å². The highest BCUT2D eigenvalue weighted by molar-refractivity contribution is 5.90. The molecule has 0 aromatic heterocycles. The largest absolute Gasteiger partial charge is 0.386 e. The van der Waals surface area contributed by atoms with Crippen molar-refractivity contribution in [3.63, 3.8) is 0 Å². The first-order valence-electron chi connectivity index (χ1n) is 3.25. The molecule has 0 aliphatic heterocycles. The van der Waals surface area contributed by atoms with Gasteiger partial charge in [-0.05, 0) is 0 Å². The highest BCUT2D eigenvalue weighted by atomic mass is 16.3. The average Bonchev–Trinajstić information content (AvgIpc) is 1.93. The molecule has 0 aromatic carbocycles. The molecule has 0 unspecified atom stereocenters. The molecule has 0 amide bonds. The third-order valence-electron chi connectivity index (χ3n) is 1.49. The van der Waals surface area contributed by atoms with Crippen molar-refractivity contribution in [2.45, 2.75) is 25.7 Å². The molecule has 1 rings (SSSR count). The van der Waals surface area contributed by atoms with Crippen LogP contribution in [0, 0.1) is 6.10 Å². The van der Waals surface area contributed by atoms with E-state index in [2.05, 4.69) is 0 Å². The first-order valence-corrected chi connectivity index (χ1v) is 3.25. The predicted octanol–water partition coefficient (Wildman–Crippen LogP) is 0.603. The molecule has 0 spiro atoms. The van der Waals surface area contributed by atoms with Gasteiger partial charge in [-0.1, -0.05) is 0 Å². The molecule has 0 aromatic rings. The van der Waals surface area contributed by atoms with Crippen molar-refractivity contribution >= 4 is 11.6 Å². The van der Waals surface area contributed by atoms with E-state index in [1.807, 2.05) is 0 Å². The number of carbonyl (C=O) groups is 2. The smallest absolute Gasteiger partial charge is 0.136 e. The fraction of sp³-hybridized carbons (Fsp3) is 0.571. The summed E-state index contributed by atoms with van der Waals surface area (Å²) in [4.78, 5) is 21.4. The number of Topliss-reactive ketones (excluding diaryl/α,β-unsaturated/α-hetero) is 2. The Labute approximate surface area is 59.0 Å². The standard InChI is InChI=1S/C7H9O3/c8-5-1-2-6(9)4-7(10)3-5/h10H,1-4H2. The second-order valence-corrected chi connectivity index (χ2v) is 2.50. The van der Waals surface area contributed by atoms with Crippen LogP contribution in [0.4, 0.5) is 0 Å². The molecule has 3 nitrogen and oxygen atoms in total. The Morgan fingerprint density at radius 2 is 1.40 bits per heavy atom. The van der Waals surface area contributed by atoms with Crippen LogP contribution in [0.3, 0.4) is 0 Å². The van der Waals surface area contributed by atoms with Gasteiger partial charge in [-0.15, -0.1) is 0 Å². The van der Waals surface area contributed by atoms with Gasteiger partial charge in [0.1, 0.15) is 17.7 Å². The number of aliphatic hydroxyl groups is 1. The van der Waals surface area contributed by atoms with Crippen LogP contribution in [-0.4, -0.2) is 16.7 Å². The molecule has 0 saturated heterocycles. The van der Waals surface area contributed by atoms with Crippen LogP contribution >= 0.6 is 0 Å². The lowest BCUT2D eigenvalue weighted by atomic mass is 10.1. The molecule has 10 heavy (non-hydrogen) atoms. The van der Waals surface area contributed by atoms with Crippen molar-refractivity contribution in [1.82, 2.24) is 0 Å². The summed E-state index contributed by atoms with van der Waals surface area (Å²) >= 11 is 0. The van der Waals surface area contributed by atoms with Gasteiger partial charge < -0.3 is 5.11 Å². The van der Waals surface area contributed by atoms with Crippen LogP contribution in [0.2, 0.25) is 0 Å². The zero-order chi connectivity index (χ0) is 7.56. The second kappa shape index (κ2) is 2.92. The van der Waals surface area contributed by atoms with Crippen molar-refractivity contribution in [2.24, 2.45) is 0 Å². The van der Waals surface area contributed by atoms with Gasteiger partial charge in [0.05, 0.1) is 0 Å². The van der Waals surface area contributed by atoms with Gasteiger partial charge in [-0.2, -0.15) is 0 Å². The molecule has 0 atom stereocenters. The minimum absolute atomic E-state index is 0.0208. The number of hydrogen-bond donors (Lipinski definition) is 1. The lowest BCUT2D eigenvalue weighted by molar-refractivity contribution is -0.122. The Kier molecular flexibility index (Phi) is 2.17. The van der Waals surface area contributed by atoms with E-state index < -0.39 is 0 Å². The highest BCUT2D eigenvalue weighted by Crippen LogP contribution is 2.16. The summed E-state index contributed by atoms with van der Waals surface area (Å²) in [5, 5.41) is 8.90. The average molecular weight is 141 g/mol. The quantitative estimate of drug-likeness (QED) is 0.502. The summed E-state index contributed by atoms with van der Waals surface area (Å²) in [5.74, 6) is -0.0771. The topological polar surface area (TPSA) is 54.4 Å². The van der Waals surface area contributed by atoms with E-state index in [9.17, 15) is 9.59 Å². The summed E-state index contributed by atoms with van der Waals surface area (Å²) < 4.78 is 0. The van der Waals surface area contributed by atoms with Crippen LogP contribution in [0.15, 0.2) is 0 Å². The molecule has 0 heterocycles. The number of ketones is 2. The molecule has 0 bridgehead atoms. The van der Waals surface area contributed by atoms with Gasteiger partial charge in [0.15, 0.2) is 0 Å². The van der Waals surface area contributed by atoms with Crippen molar-refractivity contribution in [3.8, 4) is 0 Å². The molecule has 1 aliphatic rings. The van der Waals surface area contributed by atoms with Crippen LogP contribution < -0.4 is 0 Å². The second-order valence-electron chi connectivity index (χ2n) is 2.50. The van der Waals surface area contributed by atoms with Crippen molar-refractivity contribution < 1.29 is 14.7 Å². The first kappa shape index (κ1) is 7.41. The van der Waals surface area contributed by atoms with Gasteiger partial charge in [0, 0.05) is 25.7 Å². The third kappa shape index (κ3) is 1.92. The number of aliphatic hydroxyl groups excluding tert-OH is 1. The molecule has 1 saturated carbocycles. The van der Waals surface area contributed by atoms with E-state index in [0.29, 0.717) is 12.8 Å². The molecule has 1 fully saturated rings. The summed E-state index contributed by atoms with van der Waals surface area (Å²) in [7, 11) is 0. The van der Waals surface area contributed by atoms with Crippen LogP contribution in [0.25, 0.3) is 0 Å². The lowest BCUT2D eigenvalue weighted by Crippen LogP contribution is -2.02. The first-order chi connectivity index (χ1) is 4.68. The summed E-state index contributed by atoms with van der Waals surface area (Å²) in [6.07, 6.45) is 0.760. The summed E-state index contributed by atoms with van der Waals surface area (Å²) in [6.45, 7) is 0. The normalized spacial score (nSPS) is 22.9.